The first kappa shape index (κ1) is 27.0. The molecule has 0 aromatic carbocycles. The van der Waals surface area contributed by atoms with Crippen LogP contribution in [0.2, 0.25) is 0 Å². The van der Waals surface area contributed by atoms with Gasteiger partial charge in [0.05, 0.1) is 13.2 Å². The van der Waals surface area contributed by atoms with Crippen LogP contribution < -0.4 is 0 Å². The normalized spacial score (nSPS) is 18.2. The highest BCUT2D eigenvalue weighted by molar-refractivity contribution is 4.89. The van der Waals surface area contributed by atoms with Crippen molar-refractivity contribution in [1.29, 1.82) is 0 Å². The second-order valence-electron chi connectivity index (χ2n) is 9.50. The Balaban J connectivity index is 2.65. The molecule has 0 bridgehead atoms. The number of ether oxygens (including phenoxy) is 2. The van der Waals surface area contributed by atoms with Crippen molar-refractivity contribution in [2.24, 2.45) is 11.8 Å². The molecule has 0 aromatic heterocycles. The summed E-state index contributed by atoms with van der Waals surface area (Å²) in [6.07, 6.45) is 24.1. The molecule has 2 unspecified atom stereocenters. The zero-order valence-electron chi connectivity index (χ0n) is 20.6. The Morgan fingerprint density at radius 3 is 1.24 bits per heavy atom. The van der Waals surface area contributed by atoms with Crippen LogP contribution in [0.4, 0.5) is 0 Å². The van der Waals surface area contributed by atoms with E-state index in [2.05, 4.69) is 27.7 Å². The monoisotopic (exact) mass is 410 g/mol. The zero-order chi connectivity index (χ0) is 21.2. The third kappa shape index (κ3) is 10.2. The quantitative estimate of drug-likeness (QED) is 0.186. The van der Waals surface area contributed by atoms with Crippen LogP contribution in [0.3, 0.4) is 0 Å². The molecule has 1 aliphatic rings. The van der Waals surface area contributed by atoms with Crippen LogP contribution in [0, 0.1) is 11.8 Å². The lowest BCUT2D eigenvalue weighted by Crippen LogP contribution is -2.46. The lowest BCUT2D eigenvalue weighted by molar-refractivity contribution is -0.237. The van der Waals surface area contributed by atoms with Crippen molar-refractivity contribution in [3.8, 4) is 0 Å². The first-order valence-corrected chi connectivity index (χ1v) is 13.5. The fraction of sp³-hybridized carbons (Fsp3) is 1.00. The second-order valence-corrected chi connectivity index (χ2v) is 9.50. The van der Waals surface area contributed by atoms with Gasteiger partial charge in [-0.05, 0) is 25.7 Å². The molecule has 1 aliphatic heterocycles. The van der Waals surface area contributed by atoms with Gasteiger partial charge in [0.15, 0.2) is 5.79 Å². The summed E-state index contributed by atoms with van der Waals surface area (Å²) in [6, 6.07) is 0. The van der Waals surface area contributed by atoms with Gasteiger partial charge in [-0.1, -0.05) is 118 Å². The maximum atomic E-state index is 6.54. The van der Waals surface area contributed by atoms with E-state index >= 15 is 0 Å². The van der Waals surface area contributed by atoms with Crippen molar-refractivity contribution >= 4 is 0 Å². The fourth-order valence-electron chi connectivity index (χ4n) is 5.38. The van der Waals surface area contributed by atoms with E-state index in [1.807, 2.05) is 0 Å². The maximum absolute atomic E-state index is 6.54. The SMILES string of the molecule is CCCCCCCCC(CCC)C1(C(CCC)CCCCCCCC)OCCO1. The molecule has 2 nitrogen and oxygen atoms in total. The smallest absolute Gasteiger partial charge is 0.174 e. The molecule has 0 amide bonds. The summed E-state index contributed by atoms with van der Waals surface area (Å²) in [5.41, 5.74) is 0. The highest BCUT2D eigenvalue weighted by atomic mass is 16.7. The van der Waals surface area contributed by atoms with Gasteiger partial charge in [0.1, 0.15) is 0 Å². The number of rotatable bonds is 20. The predicted molar refractivity (Wildman–Crippen MR) is 127 cm³/mol. The summed E-state index contributed by atoms with van der Waals surface area (Å²) in [4.78, 5) is 0. The minimum atomic E-state index is -0.279. The van der Waals surface area contributed by atoms with Gasteiger partial charge >= 0.3 is 0 Å². The predicted octanol–water partition coefficient (Wildman–Crippen LogP) is 9.06. The van der Waals surface area contributed by atoms with Crippen molar-refractivity contribution in [1.82, 2.24) is 0 Å². The molecule has 0 aliphatic carbocycles. The van der Waals surface area contributed by atoms with Gasteiger partial charge in [0.25, 0.3) is 0 Å². The van der Waals surface area contributed by atoms with Crippen molar-refractivity contribution in [3.63, 3.8) is 0 Å². The minimum Gasteiger partial charge on any atom is -0.347 e. The molecule has 0 saturated carbocycles. The number of hydrogen-bond acceptors (Lipinski definition) is 2. The number of hydrogen-bond donors (Lipinski definition) is 0. The van der Waals surface area contributed by atoms with E-state index in [0.29, 0.717) is 11.8 Å². The Morgan fingerprint density at radius 2 is 0.862 bits per heavy atom. The van der Waals surface area contributed by atoms with Crippen LogP contribution in [0.15, 0.2) is 0 Å². The van der Waals surface area contributed by atoms with E-state index in [9.17, 15) is 0 Å². The minimum absolute atomic E-state index is 0.279. The average Bonchev–Trinajstić information content (AvgIpc) is 3.22. The van der Waals surface area contributed by atoms with Gasteiger partial charge < -0.3 is 9.47 Å². The van der Waals surface area contributed by atoms with Gasteiger partial charge in [0.2, 0.25) is 0 Å². The molecule has 1 saturated heterocycles. The molecule has 0 radical (unpaired) electrons. The topological polar surface area (TPSA) is 18.5 Å². The van der Waals surface area contributed by atoms with E-state index in [4.69, 9.17) is 9.47 Å². The molecular weight excluding hydrogens is 356 g/mol. The van der Waals surface area contributed by atoms with Crippen LogP contribution >= 0.6 is 0 Å². The van der Waals surface area contributed by atoms with E-state index in [1.165, 1.54) is 116 Å². The van der Waals surface area contributed by atoms with Gasteiger partial charge in [0, 0.05) is 11.8 Å². The Labute approximate surface area is 183 Å². The Hall–Kier alpha value is -0.0800. The molecule has 2 heteroatoms. The molecule has 1 rings (SSSR count). The average molecular weight is 411 g/mol. The Bertz CT molecular complexity index is 320. The molecule has 0 spiro atoms. The molecule has 29 heavy (non-hydrogen) atoms. The van der Waals surface area contributed by atoms with Crippen LogP contribution in [0.25, 0.3) is 0 Å². The molecule has 1 heterocycles. The van der Waals surface area contributed by atoms with Crippen molar-refractivity contribution in [2.45, 2.75) is 149 Å². The molecule has 174 valence electrons. The Morgan fingerprint density at radius 1 is 0.483 bits per heavy atom. The lowest BCUT2D eigenvalue weighted by atomic mass is 9.76. The number of unbranched alkanes of at least 4 members (excludes halogenated alkanes) is 10. The largest absolute Gasteiger partial charge is 0.347 e. The second kappa shape index (κ2) is 17.6. The maximum Gasteiger partial charge on any atom is 0.174 e. The van der Waals surface area contributed by atoms with E-state index < -0.39 is 0 Å². The van der Waals surface area contributed by atoms with Crippen LogP contribution in [-0.2, 0) is 9.47 Å². The third-order valence-corrected chi connectivity index (χ3v) is 6.96. The lowest BCUT2D eigenvalue weighted by Gasteiger charge is -2.42. The van der Waals surface area contributed by atoms with Crippen LogP contribution in [0.5, 0.6) is 0 Å². The summed E-state index contributed by atoms with van der Waals surface area (Å²) in [7, 11) is 0. The molecular formula is C27H54O2. The summed E-state index contributed by atoms with van der Waals surface area (Å²) in [5, 5.41) is 0. The van der Waals surface area contributed by atoms with Crippen molar-refractivity contribution < 1.29 is 9.47 Å². The summed E-state index contributed by atoms with van der Waals surface area (Å²) in [6.45, 7) is 10.9. The van der Waals surface area contributed by atoms with Crippen LogP contribution in [0.1, 0.15) is 143 Å². The van der Waals surface area contributed by atoms with Gasteiger partial charge in [-0.2, -0.15) is 0 Å². The summed E-state index contributed by atoms with van der Waals surface area (Å²) < 4.78 is 13.1. The van der Waals surface area contributed by atoms with Crippen molar-refractivity contribution in [3.05, 3.63) is 0 Å². The first-order valence-electron chi connectivity index (χ1n) is 13.5. The summed E-state index contributed by atoms with van der Waals surface area (Å²) >= 11 is 0. The molecule has 0 N–H and O–H groups in total. The zero-order valence-corrected chi connectivity index (χ0v) is 20.6. The van der Waals surface area contributed by atoms with E-state index in [-0.39, 0.29) is 5.79 Å². The molecule has 2 atom stereocenters. The van der Waals surface area contributed by atoms with E-state index in [0.717, 1.165) is 13.2 Å². The third-order valence-electron chi connectivity index (χ3n) is 6.96. The Kier molecular flexibility index (Phi) is 16.3. The highest BCUT2D eigenvalue weighted by Gasteiger charge is 2.48. The van der Waals surface area contributed by atoms with Crippen LogP contribution in [-0.4, -0.2) is 19.0 Å². The first-order chi connectivity index (χ1) is 14.2. The van der Waals surface area contributed by atoms with Gasteiger partial charge in [-0.15, -0.1) is 0 Å². The van der Waals surface area contributed by atoms with Gasteiger partial charge in [-0.25, -0.2) is 0 Å². The van der Waals surface area contributed by atoms with Crippen molar-refractivity contribution in [2.75, 3.05) is 13.2 Å². The highest BCUT2D eigenvalue weighted by Crippen LogP contribution is 2.44. The van der Waals surface area contributed by atoms with Gasteiger partial charge in [-0.3, -0.25) is 0 Å². The fourth-order valence-corrected chi connectivity index (χ4v) is 5.38. The summed E-state index contributed by atoms with van der Waals surface area (Å²) in [5.74, 6) is 0.884. The molecule has 0 aromatic rings. The molecule has 1 fully saturated rings. The standard InChI is InChI=1S/C27H54O2/c1-5-9-11-13-15-17-21-25(19-7-3)27(28-23-24-29-27)26(20-8-4)22-18-16-14-12-10-6-2/h25-26H,5-24H2,1-4H3. The van der Waals surface area contributed by atoms with E-state index in [1.54, 1.807) is 0 Å².